The van der Waals surface area contributed by atoms with Crippen molar-refractivity contribution in [1.29, 1.82) is 0 Å². The van der Waals surface area contributed by atoms with Crippen molar-refractivity contribution < 1.29 is 14.3 Å². The minimum Gasteiger partial charge on any atom is -0.379 e. The van der Waals surface area contributed by atoms with Crippen molar-refractivity contribution in [3.05, 3.63) is 89.2 Å². The van der Waals surface area contributed by atoms with Gasteiger partial charge in [0.2, 0.25) is 0 Å². The number of fused-ring (bicyclic) bond motifs is 3. The number of anilines is 1. The maximum Gasteiger partial charge on any atom is 0.333 e. The van der Waals surface area contributed by atoms with Gasteiger partial charge in [0.15, 0.2) is 5.78 Å². The number of rotatable bonds is 7. The minimum absolute atomic E-state index is 0.164. The molecule has 1 saturated heterocycles. The maximum absolute atomic E-state index is 13.6. The average molecular weight is 510 g/mol. The van der Waals surface area contributed by atoms with Crippen LogP contribution in [0.2, 0.25) is 0 Å². The number of benzene rings is 2. The van der Waals surface area contributed by atoms with E-state index >= 15 is 0 Å². The fraction of sp³-hybridized carbons (Fsp3) is 0.214. The number of H-pyrrole nitrogens is 1. The lowest BCUT2D eigenvalue weighted by molar-refractivity contribution is 0.0207. The molecule has 0 saturated carbocycles. The van der Waals surface area contributed by atoms with Gasteiger partial charge >= 0.3 is 6.03 Å². The number of morpholine rings is 1. The van der Waals surface area contributed by atoms with Gasteiger partial charge in [-0.1, -0.05) is 42.5 Å². The Balaban J connectivity index is 1.16. The van der Waals surface area contributed by atoms with Crippen molar-refractivity contribution >= 4 is 17.5 Å². The van der Waals surface area contributed by atoms with Gasteiger partial charge in [0.25, 0.3) is 0 Å². The summed E-state index contributed by atoms with van der Waals surface area (Å²) in [5, 5.41) is 15.6. The second-order valence-corrected chi connectivity index (χ2v) is 9.21. The molecule has 4 N–H and O–H groups in total. The first-order valence-electron chi connectivity index (χ1n) is 12.5. The molecule has 1 aliphatic heterocycles. The lowest BCUT2D eigenvalue weighted by Gasteiger charge is -2.27. The SMILES string of the molecule is O=C(Nc1cccc2c1C(=O)c1c(-c3ccc(CNCc4cccnc4)cc3)n[nH]c1-2)NN1CCOCC1. The maximum atomic E-state index is 13.6. The third kappa shape index (κ3) is 4.80. The van der Waals surface area contributed by atoms with E-state index in [4.69, 9.17) is 4.74 Å². The van der Waals surface area contributed by atoms with Crippen molar-refractivity contribution in [3.8, 4) is 22.5 Å². The molecule has 192 valence electrons. The summed E-state index contributed by atoms with van der Waals surface area (Å²) < 4.78 is 5.32. The van der Waals surface area contributed by atoms with E-state index in [1.807, 2.05) is 54.7 Å². The van der Waals surface area contributed by atoms with Crippen LogP contribution in [0, 0.1) is 0 Å². The van der Waals surface area contributed by atoms with Crippen molar-refractivity contribution in [1.82, 2.24) is 30.9 Å². The number of ketones is 1. The molecule has 10 heteroatoms. The van der Waals surface area contributed by atoms with Gasteiger partial charge in [-0.05, 0) is 23.3 Å². The first-order valence-corrected chi connectivity index (χ1v) is 12.5. The summed E-state index contributed by atoms with van der Waals surface area (Å²) in [7, 11) is 0. The number of urea groups is 1. The monoisotopic (exact) mass is 509 g/mol. The third-order valence-electron chi connectivity index (χ3n) is 6.68. The fourth-order valence-corrected chi connectivity index (χ4v) is 4.80. The van der Waals surface area contributed by atoms with E-state index in [-0.39, 0.29) is 5.78 Å². The summed E-state index contributed by atoms with van der Waals surface area (Å²) in [4.78, 5) is 30.4. The van der Waals surface area contributed by atoms with Gasteiger partial charge < -0.3 is 15.4 Å². The van der Waals surface area contributed by atoms with Crippen LogP contribution in [-0.2, 0) is 17.8 Å². The van der Waals surface area contributed by atoms with Gasteiger partial charge in [-0.25, -0.2) is 9.80 Å². The molecule has 0 unspecified atom stereocenters. The summed E-state index contributed by atoms with van der Waals surface area (Å²) in [5.41, 5.74) is 9.35. The lowest BCUT2D eigenvalue weighted by Crippen LogP contribution is -2.49. The molecule has 0 radical (unpaired) electrons. The zero-order valence-electron chi connectivity index (χ0n) is 20.7. The van der Waals surface area contributed by atoms with Crippen molar-refractivity contribution in [2.75, 3.05) is 31.6 Å². The Morgan fingerprint density at radius 2 is 1.79 bits per heavy atom. The molecule has 4 aromatic rings. The highest BCUT2D eigenvalue weighted by molar-refractivity contribution is 6.26. The molecule has 38 heavy (non-hydrogen) atoms. The Bertz CT molecular complexity index is 1460. The number of carbonyl (C=O) groups excluding carboxylic acids is 2. The number of amides is 2. The molecule has 0 atom stereocenters. The number of ether oxygens (including phenoxy) is 1. The highest BCUT2D eigenvalue weighted by Crippen LogP contribution is 2.42. The fourth-order valence-electron chi connectivity index (χ4n) is 4.80. The van der Waals surface area contributed by atoms with E-state index in [1.165, 1.54) is 0 Å². The van der Waals surface area contributed by atoms with Gasteiger partial charge in [0, 0.05) is 49.7 Å². The average Bonchev–Trinajstić information content (AvgIpc) is 3.50. The van der Waals surface area contributed by atoms with Crippen molar-refractivity contribution in [2.45, 2.75) is 13.1 Å². The second-order valence-electron chi connectivity index (χ2n) is 9.21. The van der Waals surface area contributed by atoms with E-state index < -0.39 is 6.03 Å². The summed E-state index contributed by atoms with van der Waals surface area (Å²) in [6.07, 6.45) is 3.61. The normalized spacial score (nSPS) is 14.7. The smallest absolute Gasteiger partial charge is 0.333 e. The molecule has 6 rings (SSSR count). The zero-order chi connectivity index (χ0) is 25.9. The highest BCUT2D eigenvalue weighted by Gasteiger charge is 2.35. The predicted molar refractivity (Wildman–Crippen MR) is 142 cm³/mol. The minimum atomic E-state index is -0.394. The van der Waals surface area contributed by atoms with Crippen LogP contribution < -0.4 is 16.1 Å². The largest absolute Gasteiger partial charge is 0.379 e. The number of aromatic nitrogens is 3. The Kier molecular flexibility index (Phi) is 6.65. The topological polar surface area (TPSA) is 124 Å². The van der Waals surface area contributed by atoms with E-state index in [9.17, 15) is 9.59 Å². The van der Waals surface area contributed by atoms with Crippen LogP contribution in [0.5, 0.6) is 0 Å². The highest BCUT2D eigenvalue weighted by atomic mass is 16.5. The first kappa shape index (κ1) is 24.0. The van der Waals surface area contributed by atoms with Gasteiger partial charge in [0.1, 0.15) is 5.69 Å². The molecule has 1 aliphatic carbocycles. The second kappa shape index (κ2) is 10.5. The van der Waals surface area contributed by atoms with Gasteiger partial charge in [-0.3, -0.25) is 20.3 Å². The molecular formula is C28H27N7O3. The molecule has 0 bridgehead atoms. The van der Waals surface area contributed by atoms with Gasteiger partial charge in [0.05, 0.1) is 35.7 Å². The Morgan fingerprint density at radius 1 is 0.974 bits per heavy atom. The Morgan fingerprint density at radius 3 is 2.58 bits per heavy atom. The Labute approximate surface area is 219 Å². The number of carbonyl (C=O) groups is 2. The first-order chi connectivity index (χ1) is 18.7. The third-order valence-corrected chi connectivity index (χ3v) is 6.68. The molecule has 1 fully saturated rings. The zero-order valence-corrected chi connectivity index (χ0v) is 20.7. The summed E-state index contributed by atoms with van der Waals surface area (Å²) >= 11 is 0. The molecule has 0 spiro atoms. The van der Waals surface area contributed by atoms with Crippen LogP contribution in [0.1, 0.15) is 27.0 Å². The standard InChI is InChI=1S/C28H27N7O3/c36-27-23-21(4-1-5-22(23)31-28(37)34-35-11-13-38-14-12-35)26-24(27)25(32-33-26)20-8-6-18(7-9-20)15-30-17-19-3-2-10-29-16-19/h1-10,16,30H,11-15,17H2,(H,32,33)(H2,31,34,37). The van der Waals surface area contributed by atoms with E-state index in [0.717, 1.165) is 28.8 Å². The molecule has 3 heterocycles. The van der Waals surface area contributed by atoms with Gasteiger partial charge in [-0.15, -0.1) is 0 Å². The number of hydrazine groups is 1. The van der Waals surface area contributed by atoms with Crippen molar-refractivity contribution in [2.24, 2.45) is 0 Å². The van der Waals surface area contributed by atoms with Crippen LogP contribution >= 0.6 is 0 Å². The molecule has 2 aromatic heterocycles. The van der Waals surface area contributed by atoms with Gasteiger partial charge in [-0.2, -0.15) is 5.10 Å². The quantitative estimate of drug-likeness (QED) is 0.265. The molecular weight excluding hydrogens is 482 g/mol. The van der Waals surface area contributed by atoms with E-state index in [2.05, 4.69) is 31.2 Å². The summed E-state index contributed by atoms with van der Waals surface area (Å²) in [5.74, 6) is -0.164. The summed E-state index contributed by atoms with van der Waals surface area (Å²) in [6.45, 7) is 3.78. The van der Waals surface area contributed by atoms with Crippen LogP contribution in [0.25, 0.3) is 22.5 Å². The van der Waals surface area contributed by atoms with Crippen LogP contribution in [0.4, 0.5) is 10.5 Å². The Hall–Kier alpha value is -4.38. The van der Waals surface area contributed by atoms with Crippen molar-refractivity contribution in [3.63, 3.8) is 0 Å². The number of pyridine rings is 1. The van der Waals surface area contributed by atoms with Crippen LogP contribution in [0.3, 0.4) is 0 Å². The molecule has 2 aromatic carbocycles. The predicted octanol–water partition coefficient (Wildman–Crippen LogP) is 3.34. The summed E-state index contributed by atoms with van der Waals surface area (Å²) in [6, 6.07) is 17.0. The number of nitrogens with one attached hydrogen (secondary N) is 4. The van der Waals surface area contributed by atoms with E-state index in [1.54, 1.807) is 17.3 Å². The number of hydrogen-bond donors (Lipinski definition) is 4. The van der Waals surface area contributed by atoms with Crippen LogP contribution in [0.15, 0.2) is 67.0 Å². The number of nitrogens with zero attached hydrogens (tertiary/aromatic N) is 3. The number of aromatic amines is 1. The van der Waals surface area contributed by atoms with Crippen LogP contribution in [-0.4, -0.2) is 58.3 Å². The molecule has 2 amide bonds. The lowest BCUT2D eigenvalue weighted by atomic mass is 10.0. The van der Waals surface area contributed by atoms with E-state index in [0.29, 0.717) is 61.1 Å². The molecule has 2 aliphatic rings. The number of hydrogen-bond acceptors (Lipinski definition) is 7. The molecule has 10 nitrogen and oxygen atoms in total.